The van der Waals surface area contributed by atoms with E-state index in [-0.39, 0.29) is 18.4 Å². The van der Waals surface area contributed by atoms with Gasteiger partial charge >= 0.3 is 5.97 Å². The Kier molecular flexibility index (Phi) is 9.19. The summed E-state index contributed by atoms with van der Waals surface area (Å²) in [7, 11) is 0. The first-order valence-corrected chi connectivity index (χ1v) is 9.60. The summed E-state index contributed by atoms with van der Waals surface area (Å²) >= 11 is 0. The molecule has 1 aromatic carbocycles. The van der Waals surface area contributed by atoms with E-state index < -0.39 is 23.5 Å². The standard InChI is InChI=1S/C22H32O5/c1-6-7-14-27-21(25)20(16(2)23)19(24)9-8-15-26-18-12-10-17(11-13-18)22(3,4)5/h10-13,20H,6-9,14-15H2,1-5H3. The van der Waals surface area contributed by atoms with Gasteiger partial charge in [-0.3, -0.25) is 14.4 Å². The Morgan fingerprint density at radius 1 is 1.00 bits per heavy atom. The quantitative estimate of drug-likeness (QED) is 0.328. The molecule has 0 fully saturated rings. The number of esters is 1. The Hall–Kier alpha value is -2.17. The van der Waals surface area contributed by atoms with E-state index in [9.17, 15) is 14.4 Å². The number of unbranched alkanes of at least 4 members (excludes halogenated alkanes) is 1. The van der Waals surface area contributed by atoms with Crippen molar-refractivity contribution in [2.75, 3.05) is 13.2 Å². The smallest absolute Gasteiger partial charge is 0.324 e. The van der Waals surface area contributed by atoms with E-state index in [2.05, 4.69) is 20.8 Å². The van der Waals surface area contributed by atoms with Crippen molar-refractivity contribution in [3.05, 3.63) is 29.8 Å². The first-order valence-electron chi connectivity index (χ1n) is 9.60. The molecule has 0 aliphatic carbocycles. The summed E-state index contributed by atoms with van der Waals surface area (Å²) in [5, 5.41) is 0. The van der Waals surface area contributed by atoms with Gasteiger partial charge in [0, 0.05) is 6.42 Å². The van der Waals surface area contributed by atoms with Crippen molar-refractivity contribution < 1.29 is 23.9 Å². The molecule has 1 atom stereocenters. The lowest BCUT2D eigenvalue weighted by Crippen LogP contribution is -2.32. The van der Waals surface area contributed by atoms with Gasteiger partial charge in [-0.2, -0.15) is 0 Å². The van der Waals surface area contributed by atoms with Crippen molar-refractivity contribution in [2.24, 2.45) is 5.92 Å². The van der Waals surface area contributed by atoms with E-state index in [1.807, 2.05) is 31.2 Å². The monoisotopic (exact) mass is 376 g/mol. The number of carbonyl (C=O) groups excluding carboxylic acids is 3. The van der Waals surface area contributed by atoms with Gasteiger partial charge in [0.15, 0.2) is 17.5 Å². The second-order valence-corrected chi connectivity index (χ2v) is 7.76. The first kappa shape index (κ1) is 22.9. The highest BCUT2D eigenvalue weighted by Crippen LogP contribution is 2.24. The van der Waals surface area contributed by atoms with Crippen LogP contribution in [-0.2, 0) is 24.5 Å². The van der Waals surface area contributed by atoms with Crippen molar-refractivity contribution in [1.29, 1.82) is 0 Å². The summed E-state index contributed by atoms with van der Waals surface area (Å²) in [6, 6.07) is 7.87. The van der Waals surface area contributed by atoms with Crippen LogP contribution in [0.4, 0.5) is 0 Å². The van der Waals surface area contributed by atoms with Gasteiger partial charge < -0.3 is 9.47 Å². The summed E-state index contributed by atoms with van der Waals surface area (Å²) in [4.78, 5) is 35.9. The largest absolute Gasteiger partial charge is 0.494 e. The highest BCUT2D eigenvalue weighted by atomic mass is 16.5. The molecule has 0 heterocycles. The molecule has 0 aliphatic rings. The van der Waals surface area contributed by atoms with E-state index in [0.29, 0.717) is 19.4 Å². The Bertz CT molecular complexity index is 625. The number of ether oxygens (including phenoxy) is 2. The number of ketones is 2. The van der Waals surface area contributed by atoms with E-state index in [1.165, 1.54) is 12.5 Å². The van der Waals surface area contributed by atoms with Crippen molar-refractivity contribution in [3.63, 3.8) is 0 Å². The van der Waals surface area contributed by atoms with Crippen LogP contribution in [0.25, 0.3) is 0 Å². The first-order chi connectivity index (χ1) is 12.7. The lowest BCUT2D eigenvalue weighted by Gasteiger charge is -2.19. The van der Waals surface area contributed by atoms with E-state index in [0.717, 1.165) is 12.2 Å². The fraction of sp³-hybridized carbons (Fsp3) is 0.591. The molecule has 150 valence electrons. The SMILES string of the molecule is CCCCOC(=O)C(C(C)=O)C(=O)CCCOc1ccc(C(C)(C)C)cc1. The maximum atomic E-state index is 12.2. The zero-order chi connectivity index (χ0) is 20.4. The van der Waals surface area contributed by atoms with Gasteiger partial charge in [-0.05, 0) is 42.9 Å². The molecule has 0 amide bonds. The van der Waals surface area contributed by atoms with Crippen molar-refractivity contribution >= 4 is 17.5 Å². The van der Waals surface area contributed by atoms with Gasteiger partial charge in [-0.1, -0.05) is 46.2 Å². The van der Waals surface area contributed by atoms with Gasteiger partial charge in [0.2, 0.25) is 0 Å². The van der Waals surface area contributed by atoms with Crippen molar-refractivity contribution in [2.45, 2.75) is 65.7 Å². The maximum Gasteiger partial charge on any atom is 0.324 e. The molecular formula is C22H32O5. The normalized spacial score (nSPS) is 12.3. The molecule has 0 spiro atoms. The Labute approximate surface area is 162 Å². The number of carbonyl (C=O) groups is 3. The fourth-order valence-corrected chi connectivity index (χ4v) is 2.56. The van der Waals surface area contributed by atoms with Crippen molar-refractivity contribution in [3.8, 4) is 5.75 Å². The minimum atomic E-state index is -1.31. The predicted molar refractivity (Wildman–Crippen MR) is 105 cm³/mol. The summed E-state index contributed by atoms with van der Waals surface area (Å²) in [6.07, 6.45) is 2.13. The van der Waals surface area contributed by atoms with Crippen molar-refractivity contribution in [1.82, 2.24) is 0 Å². The van der Waals surface area contributed by atoms with Crippen LogP contribution in [-0.4, -0.2) is 30.7 Å². The number of benzene rings is 1. The topological polar surface area (TPSA) is 69.7 Å². The zero-order valence-corrected chi connectivity index (χ0v) is 17.2. The maximum absolute atomic E-state index is 12.2. The molecule has 1 unspecified atom stereocenters. The molecule has 27 heavy (non-hydrogen) atoms. The minimum Gasteiger partial charge on any atom is -0.494 e. The number of rotatable bonds is 11. The molecule has 0 bridgehead atoms. The average molecular weight is 376 g/mol. The van der Waals surface area contributed by atoms with Crippen LogP contribution in [0.15, 0.2) is 24.3 Å². The third-order valence-corrected chi connectivity index (χ3v) is 4.26. The highest BCUT2D eigenvalue weighted by molar-refractivity contribution is 6.16. The van der Waals surface area contributed by atoms with Gasteiger partial charge in [0.1, 0.15) is 5.75 Å². The molecule has 0 aliphatic heterocycles. The Morgan fingerprint density at radius 2 is 1.63 bits per heavy atom. The summed E-state index contributed by atoms with van der Waals surface area (Å²) in [5.41, 5.74) is 1.30. The molecule has 0 N–H and O–H groups in total. The number of Topliss-reactive ketones (excluding diaryl/α,β-unsaturated/α-hetero) is 2. The van der Waals surface area contributed by atoms with Crippen LogP contribution in [0.3, 0.4) is 0 Å². The number of hydrogen-bond acceptors (Lipinski definition) is 5. The lowest BCUT2D eigenvalue weighted by atomic mass is 9.87. The van der Waals surface area contributed by atoms with Crippen LogP contribution in [0, 0.1) is 5.92 Å². The molecule has 0 saturated carbocycles. The second-order valence-electron chi connectivity index (χ2n) is 7.76. The van der Waals surface area contributed by atoms with Crippen LogP contribution in [0.1, 0.15) is 65.9 Å². The van der Waals surface area contributed by atoms with E-state index in [1.54, 1.807) is 0 Å². The molecule has 0 aromatic heterocycles. The molecule has 1 rings (SSSR count). The predicted octanol–water partition coefficient (Wildman–Crippen LogP) is 4.26. The van der Waals surface area contributed by atoms with Crippen LogP contribution in [0.5, 0.6) is 5.75 Å². The van der Waals surface area contributed by atoms with Crippen LogP contribution in [0.2, 0.25) is 0 Å². The van der Waals surface area contributed by atoms with E-state index in [4.69, 9.17) is 9.47 Å². The molecule has 0 saturated heterocycles. The molecule has 5 nitrogen and oxygen atoms in total. The molecule has 5 heteroatoms. The van der Waals surface area contributed by atoms with E-state index >= 15 is 0 Å². The van der Waals surface area contributed by atoms with Gasteiger partial charge in [0.25, 0.3) is 0 Å². The molecule has 0 radical (unpaired) electrons. The Balaban J connectivity index is 2.45. The summed E-state index contributed by atoms with van der Waals surface area (Å²) in [6.45, 7) is 10.2. The van der Waals surface area contributed by atoms with Crippen LogP contribution < -0.4 is 4.74 Å². The molecule has 1 aromatic rings. The molecular weight excluding hydrogens is 344 g/mol. The zero-order valence-electron chi connectivity index (χ0n) is 17.2. The summed E-state index contributed by atoms with van der Waals surface area (Å²) in [5.74, 6) is -2.19. The average Bonchev–Trinajstić information content (AvgIpc) is 2.58. The Morgan fingerprint density at radius 3 is 2.15 bits per heavy atom. The minimum absolute atomic E-state index is 0.0817. The number of hydrogen-bond donors (Lipinski definition) is 0. The third kappa shape index (κ3) is 7.94. The second kappa shape index (κ2) is 10.9. The van der Waals surface area contributed by atoms with Crippen LogP contribution >= 0.6 is 0 Å². The lowest BCUT2D eigenvalue weighted by molar-refractivity contribution is -0.155. The van der Waals surface area contributed by atoms with Gasteiger partial charge in [-0.25, -0.2) is 0 Å². The highest BCUT2D eigenvalue weighted by Gasteiger charge is 2.31. The van der Waals surface area contributed by atoms with Gasteiger partial charge in [0.05, 0.1) is 13.2 Å². The van der Waals surface area contributed by atoms with Gasteiger partial charge in [-0.15, -0.1) is 0 Å². The summed E-state index contributed by atoms with van der Waals surface area (Å²) < 4.78 is 10.7. The third-order valence-electron chi connectivity index (χ3n) is 4.26. The fourth-order valence-electron chi connectivity index (χ4n) is 2.56.